The summed E-state index contributed by atoms with van der Waals surface area (Å²) >= 11 is 0. The number of benzene rings is 2. The number of carbonyl (C=O) groups excluding carboxylic acids is 1. The molecule has 0 aliphatic rings. The van der Waals surface area contributed by atoms with E-state index in [2.05, 4.69) is 10.6 Å². The predicted octanol–water partition coefficient (Wildman–Crippen LogP) is 3.57. The van der Waals surface area contributed by atoms with Crippen molar-refractivity contribution in [3.05, 3.63) is 58.7 Å². The summed E-state index contributed by atoms with van der Waals surface area (Å²) in [5, 5.41) is 54.3. The molecule has 0 aliphatic carbocycles. The number of hydrogen-bond donors (Lipinski definition) is 7. The number of Topliss-reactive ketones (excluding diaryl/α,β-unsaturated/α-hetero) is 1. The first-order chi connectivity index (χ1) is 19.0. The molecule has 0 radical (unpaired) electrons. The number of aliphatic carboxylic acids is 3. The van der Waals surface area contributed by atoms with E-state index in [4.69, 9.17) is 5.11 Å². The Morgan fingerprint density at radius 3 is 1.43 bits per heavy atom. The third-order valence-corrected chi connectivity index (χ3v) is 6.07. The molecule has 0 bridgehead atoms. The highest BCUT2D eigenvalue weighted by molar-refractivity contribution is 5.75. The van der Waals surface area contributed by atoms with Crippen LogP contribution in [0.4, 0.5) is 0 Å². The van der Waals surface area contributed by atoms with Crippen LogP contribution in [0.25, 0.3) is 0 Å². The van der Waals surface area contributed by atoms with Gasteiger partial charge in [0.2, 0.25) is 0 Å². The minimum atomic E-state index is -1.12. The van der Waals surface area contributed by atoms with Crippen molar-refractivity contribution in [1.82, 2.24) is 10.6 Å². The third-order valence-electron chi connectivity index (χ3n) is 6.07. The number of carboxylic acids is 3. The van der Waals surface area contributed by atoms with Crippen molar-refractivity contribution in [3.8, 4) is 11.5 Å². The van der Waals surface area contributed by atoms with E-state index in [0.29, 0.717) is 29.5 Å². The molecule has 2 atom stereocenters. The minimum absolute atomic E-state index is 0.0120. The van der Waals surface area contributed by atoms with Gasteiger partial charge in [0.15, 0.2) is 0 Å². The Kier molecular flexibility index (Phi) is 15.0. The molecule has 0 fully saturated rings. The van der Waals surface area contributed by atoms with Crippen LogP contribution in [0.5, 0.6) is 11.5 Å². The molecule has 220 valence electrons. The molecule has 0 saturated heterocycles. The van der Waals surface area contributed by atoms with Gasteiger partial charge < -0.3 is 30.3 Å². The maximum atomic E-state index is 11.4. The van der Waals surface area contributed by atoms with Crippen molar-refractivity contribution in [3.63, 3.8) is 0 Å². The first-order valence-electron chi connectivity index (χ1n) is 13.2. The van der Waals surface area contributed by atoms with Crippen LogP contribution < -0.4 is 10.6 Å². The molecule has 7 N–H and O–H groups in total. The van der Waals surface area contributed by atoms with Crippen LogP contribution in [0.15, 0.2) is 36.4 Å². The van der Waals surface area contributed by atoms with E-state index in [-0.39, 0.29) is 43.0 Å². The van der Waals surface area contributed by atoms with E-state index in [9.17, 15) is 39.6 Å². The summed E-state index contributed by atoms with van der Waals surface area (Å²) in [7, 11) is 0. The highest BCUT2D eigenvalue weighted by Gasteiger charge is 2.22. The smallest absolute Gasteiger partial charge is 0.317 e. The third kappa shape index (κ3) is 12.3. The second-order valence-corrected chi connectivity index (χ2v) is 9.11. The fourth-order valence-electron chi connectivity index (χ4n) is 4.14. The number of phenols is 2. The number of rotatable bonds is 17. The van der Waals surface area contributed by atoms with Crippen molar-refractivity contribution < 1.29 is 44.7 Å². The summed E-state index contributed by atoms with van der Waals surface area (Å²) in [6.07, 6.45) is 1.35. The quantitative estimate of drug-likeness (QED) is 0.149. The van der Waals surface area contributed by atoms with E-state index >= 15 is 0 Å². The summed E-state index contributed by atoms with van der Waals surface area (Å²) in [6, 6.07) is 8.21. The SMILES string of the molecule is CC.CC(=O)CCc1ccc(O)c(C(CCC(NCC(=O)O)c2cc(CCC(=O)O)ccc2O)NCC(=O)O)c1. The molecule has 2 aromatic rings. The van der Waals surface area contributed by atoms with Crippen LogP contribution in [0.3, 0.4) is 0 Å². The number of ketones is 1. The van der Waals surface area contributed by atoms with Crippen molar-refractivity contribution in [2.24, 2.45) is 0 Å². The molecule has 0 spiro atoms. The van der Waals surface area contributed by atoms with Gasteiger partial charge in [-0.3, -0.25) is 25.0 Å². The van der Waals surface area contributed by atoms with Gasteiger partial charge in [-0.1, -0.05) is 38.1 Å². The van der Waals surface area contributed by atoms with Crippen LogP contribution in [0.1, 0.15) is 80.8 Å². The van der Waals surface area contributed by atoms with E-state index in [0.717, 1.165) is 5.56 Å². The van der Waals surface area contributed by atoms with Crippen molar-refractivity contribution in [2.75, 3.05) is 13.1 Å². The second-order valence-electron chi connectivity index (χ2n) is 9.11. The Labute approximate surface area is 233 Å². The number of aromatic hydroxyl groups is 2. The number of carbonyl (C=O) groups is 4. The van der Waals surface area contributed by atoms with Gasteiger partial charge in [-0.05, 0) is 55.9 Å². The summed E-state index contributed by atoms with van der Waals surface area (Å²) in [6.45, 7) is 4.67. The van der Waals surface area contributed by atoms with Crippen LogP contribution >= 0.6 is 0 Å². The molecule has 11 heteroatoms. The van der Waals surface area contributed by atoms with Crippen molar-refractivity contribution in [2.45, 2.75) is 71.4 Å². The van der Waals surface area contributed by atoms with Crippen LogP contribution in [0, 0.1) is 0 Å². The number of nitrogens with one attached hydrogen (secondary N) is 2. The van der Waals surface area contributed by atoms with Gasteiger partial charge in [-0.25, -0.2) is 0 Å². The highest BCUT2D eigenvalue weighted by atomic mass is 16.4. The molecule has 2 rings (SSSR count). The van der Waals surface area contributed by atoms with Crippen LogP contribution in [-0.2, 0) is 32.0 Å². The maximum absolute atomic E-state index is 11.4. The largest absolute Gasteiger partial charge is 0.508 e. The average Bonchev–Trinajstić information content (AvgIpc) is 2.90. The molecule has 40 heavy (non-hydrogen) atoms. The fraction of sp³-hybridized carbons (Fsp3) is 0.448. The first-order valence-corrected chi connectivity index (χ1v) is 13.2. The topological polar surface area (TPSA) is 193 Å². The van der Waals surface area contributed by atoms with E-state index in [1.54, 1.807) is 24.3 Å². The molecule has 0 aliphatic heterocycles. The van der Waals surface area contributed by atoms with E-state index < -0.39 is 43.1 Å². The summed E-state index contributed by atoms with van der Waals surface area (Å²) in [5.74, 6) is -3.35. The Balaban J connectivity index is 0.00000391. The molecule has 0 amide bonds. The zero-order chi connectivity index (χ0) is 30.2. The Hall–Kier alpha value is -3.96. The second kappa shape index (κ2) is 17.6. The molecule has 0 saturated carbocycles. The normalized spacial score (nSPS) is 12.1. The number of aryl methyl sites for hydroxylation is 2. The maximum Gasteiger partial charge on any atom is 0.317 e. The molecule has 11 nitrogen and oxygen atoms in total. The van der Waals surface area contributed by atoms with Gasteiger partial charge >= 0.3 is 17.9 Å². The molecule has 0 aromatic heterocycles. The molecule has 0 heterocycles. The molecule has 2 unspecified atom stereocenters. The standard InChI is InChI=1S/C27H34N2O9.C2H6/c1-16(30)2-3-17-4-9-23(31)19(12-17)21(28-14-26(35)36)7-8-22(29-15-27(37)38)20-13-18(5-10-24(20)32)6-11-25(33)34;1-2/h4-5,9-10,12-13,21-22,28-29,31-32H,2-3,6-8,11,14-15H2,1H3,(H,33,34)(H,35,36)(H,37,38);1-2H3. The first kappa shape index (κ1) is 34.1. The van der Waals surface area contributed by atoms with Gasteiger partial charge in [0.25, 0.3) is 0 Å². The van der Waals surface area contributed by atoms with Gasteiger partial charge in [0, 0.05) is 36.1 Å². The van der Waals surface area contributed by atoms with Crippen LogP contribution in [0.2, 0.25) is 0 Å². The Morgan fingerprint density at radius 2 is 1.07 bits per heavy atom. The lowest BCUT2D eigenvalue weighted by atomic mass is 9.92. The molecular formula is C29H40N2O9. The molecule has 2 aromatic carbocycles. The fourth-order valence-corrected chi connectivity index (χ4v) is 4.14. The zero-order valence-corrected chi connectivity index (χ0v) is 23.1. The van der Waals surface area contributed by atoms with E-state index in [1.807, 2.05) is 13.8 Å². The predicted molar refractivity (Wildman–Crippen MR) is 149 cm³/mol. The van der Waals surface area contributed by atoms with Crippen LogP contribution in [-0.4, -0.2) is 62.3 Å². The number of hydrogen-bond acceptors (Lipinski definition) is 8. The monoisotopic (exact) mass is 560 g/mol. The number of carboxylic acid groups (broad SMARTS) is 3. The van der Waals surface area contributed by atoms with Crippen molar-refractivity contribution in [1.29, 1.82) is 0 Å². The lowest BCUT2D eigenvalue weighted by molar-refractivity contribution is -0.137. The average molecular weight is 561 g/mol. The van der Waals surface area contributed by atoms with Gasteiger partial charge in [0.1, 0.15) is 17.3 Å². The summed E-state index contributed by atoms with van der Waals surface area (Å²) in [4.78, 5) is 44.9. The van der Waals surface area contributed by atoms with Crippen molar-refractivity contribution >= 4 is 23.7 Å². The lowest BCUT2D eigenvalue weighted by Crippen LogP contribution is -2.31. The Bertz CT molecular complexity index is 1060. The summed E-state index contributed by atoms with van der Waals surface area (Å²) in [5.41, 5.74) is 2.26. The zero-order valence-electron chi connectivity index (χ0n) is 23.1. The summed E-state index contributed by atoms with van der Waals surface area (Å²) < 4.78 is 0. The lowest BCUT2D eigenvalue weighted by Gasteiger charge is -2.25. The number of phenolic OH excluding ortho intramolecular Hbond substituents is 2. The minimum Gasteiger partial charge on any atom is -0.508 e. The Morgan fingerprint density at radius 1 is 0.675 bits per heavy atom. The molecular weight excluding hydrogens is 520 g/mol. The van der Waals surface area contributed by atoms with E-state index in [1.165, 1.54) is 19.1 Å². The van der Waals surface area contributed by atoms with Gasteiger partial charge in [0.05, 0.1) is 13.1 Å². The van der Waals surface area contributed by atoms with Gasteiger partial charge in [-0.15, -0.1) is 0 Å². The highest BCUT2D eigenvalue weighted by Crippen LogP contribution is 2.34. The van der Waals surface area contributed by atoms with Gasteiger partial charge in [-0.2, -0.15) is 0 Å².